The molecule has 0 amide bonds. The third-order valence-electron chi connectivity index (χ3n) is 7.41. The second kappa shape index (κ2) is 27.3. The molecule has 0 fully saturated rings. The van der Waals surface area contributed by atoms with Crippen LogP contribution in [0.1, 0.15) is 0 Å². The van der Waals surface area contributed by atoms with Gasteiger partial charge in [-0.2, -0.15) is 0 Å². The molecular formula is C48H34F4N6Pd2. The number of pyridine rings is 2. The van der Waals surface area contributed by atoms with Crippen molar-refractivity contribution < 1.29 is 58.4 Å². The molecule has 0 spiro atoms. The number of halogens is 4. The Morgan fingerprint density at radius 3 is 1.08 bits per heavy atom. The van der Waals surface area contributed by atoms with Crippen LogP contribution in [-0.2, 0) is 40.8 Å². The Kier molecular flexibility index (Phi) is 21.8. The summed E-state index contributed by atoms with van der Waals surface area (Å²) in [5.41, 5.74) is 4.93. The van der Waals surface area contributed by atoms with Gasteiger partial charge >= 0.3 is 40.8 Å². The zero-order valence-corrected chi connectivity index (χ0v) is 34.6. The van der Waals surface area contributed by atoms with E-state index in [2.05, 4.69) is 42.7 Å². The number of hydrogen-bond acceptors (Lipinski definition) is 4. The normalized spacial score (nSPS) is 9.93. The minimum absolute atomic E-state index is 0. The minimum Gasteiger partial charge on any atom is -0.443 e. The molecule has 0 unspecified atom stereocenters. The first kappa shape index (κ1) is 48.0. The first-order chi connectivity index (χ1) is 28.4. The summed E-state index contributed by atoms with van der Waals surface area (Å²) in [6.45, 7) is 0. The molecule has 6 aromatic carbocycles. The molecule has 8 rings (SSSR count). The number of nitrogens with zero attached hydrogens (tertiary/aromatic N) is 6. The molecule has 0 aliphatic heterocycles. The van der Waals surface area contributed by atoms with Crippen molar-refractivity contribution in [2.75, 3.05) is 0 Å². The molecule has 6 nitrogen and oxygen atoms in total. The summed E-state index contributed by atoms with van der Waals surface area (Å²) in [5.74, 6) is -2.57. The Hall–Kier alpha value is -6.40. The van der Waals surface area contributed by atoms with E-state index < -0.39 is 23.3 Å². The van der Waals surface area contributed by atoms with Crippen molar-refractivity contribution in [3.05, 3.63) is 240 Å². The van der Waals surface area contributed by atoms with Gasteiger partial charge in [-0.05, 0) is 46.3 Å². The molecule has 12 heteroatoms. The molecule has 60 heavy (non-hydrogen) atoms. The van der Waals surface area contributed by atoms with Gasteiger partial charge < -0.3 is 30.6 Å². The third-order valence-corrected chi connectivity index (χ3v) is 7.41. The summed E-state index contributed by atoms with van der Waals surface area (Å²) >= 11 is 0. The molecule has 0 aliphatic carbocycles. The molecule has 2 heterocycles. The average molecular weight is 984 g/mol. The fraction of sp³-hybridized carbons (Fsp3) is 0. The molecular weight excluding hydrogens is 949 g/mol. The number of aromatic nitrogens is 2. The largest absolute Gasteiger partial charge is 2.00 e. The SMILES string of the molecule is C(=Nc1ccccc1)[N-]c1ccccc1.C(=Nc1ccccc1)[N-]c1ccccc1.Fc1c[c-]c(-c2ccccn2)c(F)c1.Fc1c[c-]c(-c2ccccn2)c(F)c1.[Pd+2].[Pd+2]. The van der Waals surface area contributed by atoms with Gasteiger partial charge in [-0.3, -0.25) is 17.6 Å². The van der Waals surface area contributed by atoms with Crippen LogP contribution < -0.4 is 0 Å². The van der Waals surface area contributed by atoms with E-state index in [4.69, 9.17) is 0 Å². The average Bonchev–Trinajstić information content (AvgIpc) is 3.27. The van der Waals surface area contributed by atoms with Gasteiger partial charge in [0, 0.05) is 35.7 Å². The van der Waals surface area contributed by atoms with E-state index in [1.54, 1.807) is 61.5 Å². The van der Waals surface area contributed by atoms with Crippen LogP contribution in [0.4, 0.5) is 40.3 Å². The van der Waals surface area contributed by atoms with Crippen LogP contribution >= 0.6 is 0 Å². The zero-order valence-electron chi connectivity index (χ0n) is 31.5. The van der Waals surface area contributed by atoms with E-state index >= 15 is 0 Å². The first-order valence-corrected chi connectivity index (χ1v) is 17.7. The van der Waals surface area contributed by atoms with Crippen LogP contribution in [0, 0.1) is 35.4 Å². The second-order valence-corrected chi connectivity index (χ2v) is 11.6. The topological polar surface area (TPSA) is 78.7 Å². The van der Waals surface area contributed by atoms with E-state index in [9.17, 15) is 17.6 Å². The van der Waals surface area contributed by atoms with Crippen molar-refractivity contribution >= 4 is 35.4 Å². The van der Waals surface area contributed by atoms with Crippen molar-refractivity contribution in [1.29, 1.82) is 0 Å². The maximum absolute atomic E-state index is 13.2. The summed E-state index contributed by atoms with van der Waals surface area (Å²) < 4.78 is 51.6. The van der Waals surface area contributed by atoms with Crippen LogP contribution in [0.25, 0.3) is 33.1 Å². The summed E-state index contributed by atoms with van der Waals surface area (Å²) in [7, 11) is 0. The van der Waals surface area contributed by atoms with Crippen molar-refractivity contribution in [2.45, 2.75) is 0 Å². The maximum atomic E-state index is 13.2. The van der Waals surface area contributed by atoms with Crippen molar-refractivity contribution in [3.63, 3.8) is 0 Å². The fourth-order valence-electron chi connectivity index (χ4n) is 4.68. The summed E-state index contributed by atoms with van der Waals surface area (Å²) in [6, 6.07) is 58.1. The molecule has 0 atom stereocenters. The molecule has 0 bridgehead atoms. The van der Waals surface area contributed by atoms with Gasteiger partial charge in [0.2, 0.25) is 0 Å². The van der Waals surface area contributed by atoms with Crippen LogP contribution in [0.2, 0.25) is 0 Å². The summed E-state index contributed by atoms with van der Waals surface area (Å²) in [4.78, 5) is 16.3. The van der Waals surface area contributed by atoms with Crippen LogP contribution in [0.5, 0.6) is 0 Å². The zero-order chi connectivity index (χ0) is 40.6. The van der Waals surface area contributed by atoms with E-state index in [-0.39, 0.29) is 52.0 Å². The number of aliphatic imine (C=N–C) groups is 2. The Labute approximate surface area is 374 Å². The number of para-hydroxylation sites is 4. The first-order valence-electron chi connectivity index (χ1n) is 17.7. The molecule has 0 aliphatic rings. The van der Waals surface area contributed by atoms with Gasteiger partial charge in [0.25, 0.3) is 0 Å². The summed E-state index contributed by atoms with van der Waals surface area (Å²) in [5, 5.41) is 8.42. The molecule has 0 N–H and O–H groups in total. The van der Waals surface area contributed by atoms with E-state index in [0.29, 0.717) is 11.4 Å². The second-order valence-electron chi connectivity index (χ2n) is 11.6. The Morgan fingerprint density at radius 1 is 0.433 bits per heavy atom. The smallest absolute Gasteiger partial charge is 0.443 e. The van der Waals surface area contributed by atoms with E-state index in [0.717, 1.165) is 47.0 Å². The van der Waals surface area contributed by atoms with Gasteiger partial charge in [0.1, 0.15) is 0 Å². The third kappa shape index (κ3) is 17.2. The van der Waals surface area contributed by atoms with Crippen molar-refractivity contribution in [2.24, 2.45) is 9.98 Å². The van der Waals surface area contributed by atoms with Crippen LogP contribution in [0.15, 0.2) is 204 Å². The number of benzene rings is 6. The maximum Gasteiger partial charge on any atom is 2.00 e. The van der Waals surface area contributed by atoms with E-state index in [1.165, 1.54) is 0 Å². The Bertz CT molecular complexity index is 2260. The standard InChI is InChI=1S/2C13H11N2.2C11H6F2N.2Pd/c2*1-3-7-12(8-4-1)14-11-15-13-9-5-2-6-10-13;2*12-8-4-5-9(10(13)7-8)11-3-1-2-6-14-11;;/h2*1-11H;2*1-4,6-7H;;/q4*-1;2*+2. The molecule has 0 saturated heterocycles. The van der Waals surface area contributed by atoms with Crippen molar-refractivity contribution in [3.8, 4) is 22.5 Å². The monoisotopic (exact) mass is 982 g/mol. The van der Waals surface area contributed by atoms with Gasteiger partial charge in [-0.25, -0.2) is 0 Å². The number of hydrogen-bond donors (Lipinski definition) is 0. The van der Waals surface area contributed by atoms with Crippen LogP contribution in [0.3, 0.4) is 0 Å². The fourth-order valence-corrected chi connectivity index (χ4v) is 4.68. The minimum atomic E-state index is -0.649. The Balaban J connectivity index is 0.000000211. The van der Waals surface area contributed by atoms with Gasteiger partial charge in [0.05, 0.1) is 0 Å². The molecule has 0 radical (unpaired) electrons. The number of rotatable bonds is 8. The van der Waals surface area contributed by atoms with E-state index in [1.807, 2.05) is 121 Å². The molecule has 304 valence electrons. The predicted molar refractivity (Wildman–Crippen MR) is 225 cm³/mol. The van der Waals surface area contributed by atoms with Gasteiger partial charge in [-0.15, -0.1) is 24.3 Å². The molecule has 8 aromatic rings. The van der Waals surface area contributed by atoms with Crippen LogP contribution in [-0.4, -0.2) is 22.6 Å². The molecule has 2 aromatic heterocycles. The van der Waals surface area contributed by atoms with Gasteiger partial charge in [-0.1, -0.05) is 182 Å². The molecule has 0 saturated carbocycles. The summed E-state index contributed by atoms with van der Waals surface area (Å²) in [6.07, 6.45) is 6.24. The predicted octanol–water partition coefficient (Wildman–Crippen LogP) is 13.8. The Morgan fingerprint density at radius 2 is 0.767 bits per heavy atom. The quantitative estimate of drug-likeness (QED) is 0.0500. The van der Waals surface area contributed by atoms with Crippen molar-refractivity contribution in [1.82, 2.24) is 9.97 Å². The van der Waals surface area contributed by atoms with Gasteiger partial charge in [0.15, 0.2) is 0 Å².